The van der Waals surface area contributed by atoms with Crippen LogP contribution in [0.2, 0.25) is 0 Å². The Hall–Kier alpha value is -2.62. The minimum absolute atomic E-state index is 0.755. The van der Waals surface area contributed by atoms with Crippen molar-refractivity contribution in [2.75, 3.05) is 28.4 Å². The van der Waals surface area contributed by atoms with Gasteiger partial charge in [0.25, 0.3) is 0 Å². The van der Waals surface area contributed by atoms with Crippen LogP contribution in [0.3, 0.4) is 0 Å². The molecular weight excluding hydrogens is 364 g/mol. The van der Waals surface area contributed by atoms with Crippen LogP contribution in [0, 0.1) is 11.8 Å². The monoisotopic (exact) mass is 392 g/mol. The van der Waals surface area contributed by atoms with Gasteiger partial charge < -0.3 is 18.9 Å². The van der Waals surface area contributed by atoms with Gasteiger partial charge in [0.05, 0.1) is 28.4 Å². The fourth-order valence-electron chi connectivity index (χ4n) is 5.67. The van der Waals surface area contributed by atoms with Gasteiger partial charge in [-0.1, -0.05) is 6.42 Å². The van der Waals surface area contributed by atoms with Crippen molar-refractivity contribution in [2.45, 2.75) is 32.1 Å². The van der Waals surface area contributed by atoms with Crippen LogP contribution in [-0.2, 0) is 12.8 Å². The number of fused-ring (bicyclic) bond motifs is 7. The molecule has 0 unspecified atom stereocenters. The predicted molar refractivity (Wildman–Crippen MR) is 116 cm³/mol. The number of rotatable bonds is 4. The van der Waals surface area contributed by atoms with E-state index in [1.165, 1.54) is 51.9 Å². The minimum Gasteiger partial charge on any atom is -0.493 e. The highest BCUT2D eigenvalue weighted by Crippen LogP contribution is 2.49. The van der Waals surface area contributed by atoms with E-state index in [9.17, 15) is 0 Å². The van der Waals surface area contributed by atoms with Crippen molar-refractivity contribution in [1.29, 1.82) is 0 Å². The normalized spacial score (nSPS) is 20.4. The van der Waals surface area contributed by atoms with E-state index in [4.69, 9.17) is 18.9 Å². The standard InChI is InChI=1S/C25H28O4/c1-26-22-10-18-16-8-14-6-5-7-15(14)9-17(16)19-11-23(27-2)25(29-4)13-21(19)20(18)12-24(22)28-3/h10-15H,5-9H2,1-4H3/t14-,15+. The van der Waals surface area contributed by atoms with Crippen LogP contribution in [-0.4, -0.2) is 28.4 Å². The van der Waals surface area contributed by atoms with Crippen molar-refractivity contribution in [3.05, 3.63) is 35.4 Å². The third kappa shape index (κ3) is 2.72. The molecule has 1 fully saturated rings. The molecule has 0 N–H and O–H groups in total. The maximum atomic E-state index is 5.65. The largest absolute Gasteiger partial charge is 0.493 e. The predicted octanol–water partition coefficient (Wildman–Crippen LogP) is 5.54. The van der Waals surface area contributed by atoms with Crippen LogP contribution in [0.1, 0.15) is 30.4 Å². The van der Waals surface area contributed by atoms with Gasteiger partial charge in [-0.2, -0.15) is 0 Å². The Morgan fingerprint density at radius 2 is 0.897 bits per heavy atom. The number of methoxy groups -OCH3 is 4. The summed E-state index contributed by atoms with van der Waals surface area (Å²) in [5, 5.41) is 4.94. The van der Waals surface area contributed by atoms with E-state index in [1.807, 2.05) is 0 Å². The quantitative estimate of drug-likeness (QED) is 0.546. The zero-order valence-corrected chi connectivity index (χ0v) is 17.6. The van der Waals surface area contributed by atoms with Gasteiger partial charge in [-0.15, -0.1) is 0 Å². The zero-order valence-electron chi connectivity index (χ0n) is 17.6. The van der Waals surface area contributed by atoms with Gasteiger partial charge >= 0.3 is 0 Å². The van der Waals surface area contributed by atoms with Crippen LogP contribution in [0.5, 0.6) is 23.0 Å². The molecule has 2 aliphatic carbocycles. The Morgan fingerprint density at radius 3 is 1.24 bits per heavy atom. The molecule has 4 heteroatoms. The lowest BCUT2D eigenvalue weighted by Gasteiger charge is -2.31. The molecule has 1 saturated carbocycles. The van der Waals surface area contributed by atoms with Crippen LogP contribution in [0.4, 0.5) is 0 Å². The third-order valence-electron chi connectivity index (χ3n) is 7.10. The van der Waals surface area contributed by atoms with E-state index < -0.39 is 0 Å². The molecule has 0 aromatic heterocycles. The topological polar surface area (TPSA) is 36.9 Å². The van der Waals surface area contributed by atoms with Crippen molar-refractivity contribution >= 4 is 21.5 Å². The Bertz CT molecular complexity index is 1010. The molecule has 2 atom stereocenters. The first-order chi connectivity index (χ1) is 14.2. The van der Waals surface area contributed by atoms with Gasteiger partial charge in [-0.25, -0.2) is 0 Å². The lowest BCUT2D eigenvalue weighted by atomic mass is 9.74. The summed E-state index contributed by atoms with van der Waals surface area (Å²) in [6.45, 7) is 0. The highest BCUT2D eigenvalue weighted by Gasteiger charge is 2.34. The fraction of sp³-hybridized carbons (Fsp3) is 0.440. The highest BCUT2D eigenvalue weighted by molar-refractivity contribution is 6.12. The van der Waals surface area contributed by atoms with Gasteiger partial charge in [0, 0.05) is 0 Å². The van der Waals surface area contributed by atoms with Crippen LogP contribution in [0.15, 0.2) is 24.3 Å². The summed E-state index contributed by atoms with van der Waals surface area (Å²) in [7, 11) is 6.80. The molecule has 0 amide bonds. The zero-order chi connectivity index (χ0) is 20.1. The molecular formula is C25H28O4. The second-order valence-corrected chi connectivity index (χ2v) is 8.32. The summed E-state index contributed by atoms with van der Waals surface area (Å²) in [6, 6.07) is 8.56. The number of hydrogen-bond acceptors (Lipinski definition) is 4. The van der Waals surface area contributed by atoms with Crippen molar-refractivity contribution in [1.82, 2.24) is 0 Å². The molecule has 0 bridgehead atoms. The van der Waals surface area contributed by atoms with E-state index >= 15 is 0 Å². The van der Waals surface area contributed by atoms with E-state index in [0.717, 1.165) is 47.7 Å². The van der Waals surface area contributed by atoms with Crippen molar-refractivity contribution < 1.29 is 18.9 Å². The van der Waals surface area contributed by atoms with Gasteiger partial charge in [-0.05, 0) is 94.5 Å². The third-order valence-corrected chi connectivity index (χ3v) is 7.10. The van der Waals surface area contributed by atoms with Gasteiger partial charge in [0.1, 0.15) is 0 Å². The summed E-state index contributed by atoms with van der Waals surface area (Å²) in [6.07, 6.45) is 6.35. The molecule has 3 aromatic carbocycles. The molecule has 152 valence electrons. The lowest BCUT2D eigenvalue weighted by Crippen LogP contribution is -2.21. The smallest absolute Gasteiger partial charge is 0.161 e. The molecule has 0 saturated heterocycles. The molecule has 0 aliphatic heterocycles. The highest BCUT2D eigenvalue weighted by atomic mass is 16.5. The number of ether oxygens (including phenoxy) is 4. The Kier molecular flexibility index (Phi) is 4.45. The van der Waals surface area contributed by atoms with E-state index in [1.54, 1.807) is 28.4 Å². The Balaban J connectivity index is 1.90. The average molecular weight is 392 g/mol. The molecule has 29 heavy (non-hydrogen) atoms. The van der Waals surface area contributed by atoms with E-state index in [0.29, 0.717) is 0 Å². The second-order valence-electron chi connectivity index (χ2n) is 8.32. The summed E-state index contributed by atoms with van der Waals surface area (Å²) in [4.78, 5) is 0. The maximum absolute atomic E-state index is 5.65. The van der Waals surface area contributed by atoms with Crippen LogP contribution >= 0.6 is 0 Å². The van der Waals surface area contributed by atoms with E-state index in [2.05, 4.69) is 24.3 Å². The van der Waals surface area contributed by atoms with Crippen molar-refractivity contribution in [3.63, 3.8) is 0 Å². The minimum atomic E-state index is 0.755. The molecule has 0 spiro atoms. The first kappa shape index (κ1) is 18.4. The van der Waals surface area contributed by atoms with Crippen molar-refractivity contribution in [3.8, 4) is 23.0 Å². The average Bonchev–Trinajstić information content (AvgIpc) is 3.23. The van der Waals surface area contributed by atoms with E-state index in [-0.39, 0.29) is 0 Å². The summed E-state index contributed by atoms with van der Waals surface area (Å²) >= 11 is 0. The van der Waals surface area contributed by atoms with Gasteiger partial charge in [0.2, 0.25) is 0 Å². The number of benzene rings is 3. The van der Waals surface area contributed by atoms with Crippen LogP contribution in [0.25, 0.3) is 21.5 Å². The first-order valence-electron chi connectivity index (χ1n) is 10.4. The lowest BCUT2D eigenvalue weighted by molar-refractivity contribution is 0.354. The summed E-state index contributed by atoms with van der Waals surface area (Å²) in [5.41, 5.74) is 2.95. The molecule has 3 aromatic rings. The van der Waals surface area contributed by atoms with Gasteiger partial charge in [0.15, 0.2) is 23.0 Å². The molecule has 2 aliphatic rings. The van der Waals surface area contributed by atoms with Crippen molar-refractivity contribution in [2.24, 2.45) is 11.8 Å². The summed E-state index contributed by atoms with van der Waals surface area (Å²) < 4.78 is 22.5. The molecule has 5 rings (SSSR count). The molecule has 4 nitrogen and oxygen atoms in total. The number of hydrogen-bond donors (Lipinski definition) is 0. The fourth-order valence-corrected chi connectivity index (χ4v) is 5.67. The summed E-state index contributed by atoms with van der Waals surface area (Å²) in [5.74, 6) is 4.69. The van der Waals surface area contributed by atoms with Gasteiger partial charge in [-0.3, -0.25) is 0 Å². The molecule has 0 heterocycles. The Morgan fingerprint density at radius 1 is 0.552 bits per heavy atom. The second kappa shape index (κ2) is 7.01. The molecule has 0 radical (unpaired) electrons. The maximum Gasteiger partial charge on any atom is 0.161 e. The SMILES string of the molecule is COc1cc2c3c(c4cc(OC)c(OC)cc4c2cc1OC)C[C@@H]1CCC[C@@H]1C3. The first-order valence-corrected chi connectivity index (χ1v) is 10.4. The van der Waals surface area contributed by atoms with Crippen LogP contribution < -0.4 is 18.9 Å². The Labute approximate surface area is 171 Å².